The zero-order valence-electron chi connectivity index (χ0n) is 10.1. The van der Waals surface area contributed by atoms with Crippen LogP contribution in [0.4, 0.5) is 5.82 Å². The molecule has 0 unspecified atom stereocenters. The molecular weight excluding hydrogens is 240 g/mol. The summed E-state index contributed by atoms with van der Waals surface area (Å²) < 4.78 is 5.68. The minimum atomic E-state index is 0.443. The minimum Gasteiger partial charge on any atom is -0.439 e. The zero-order valence-corrected chi connectivity index (χ0v) is 10.1. The van der Waals surface area contributed by atoms with Crippen molar-refractivity contribution in [1.29, 1.82) is 0 Å². The monoisotopic (exact) mass is 252 g/mol. The largest absolute Gasteiger partial charge is 0.439 e. The number of nitrogens with two attached hydrogens (primary N) is 1. The van der Waals surface area contributed by atoms with Gasteiger partial charge in [-0.05, 0) is 22.9 Å². The van der Waals surface area contributed by atoms with Crippen LogP contribution in [0.1, 0.15) is 0 Å². The summed E-state index contributed by atoms with van der Waals surface area (Å²) in [5.74, 6) is 6.96. The average Bonchev–Trinajstić information content (AvgIpc) is 2.47. The number of benzene rings is 2. The lowest BCUT2D eigenvalue weighted by Crippen LogP contribution is -2.08. The molecule has 3 N–H and O–H groups in total. The van der Waals surface area contributed by atoms with E-state index in [0.29, 0.717) is 11.7 Å². The van der Waals surface area contributed by atoms with Gasteiger partial charge in [0, 0.05) is 6.07 Å². The van der Waals surface area contributed by atoms with E-state index in [1.165, 1.54) is 11.7 Å². The topological polar surface area (TPSA) is 73.1 Å². The standard InChI is InChI=1S/C14H12N4O/c15-18-13-8-14(17-9-16-13)19-12-6-5-10-3-1-2-4-11(10)7-12/h1-9H,15H2,(H,16,17,18). The van der Waals surface area contributed by atoms with Crippen LogP contribution >= 0.6 is 0 Å². The first-order valence-electron chi connectivity index (χ1n) is 5.80. The summed E-state index contributed by atoms with van der Waals surface area (Å²) in [4.78, 5) is 7.96. The van der Waals surface area contributed by atoms with Gasteiger partial charge in [0.05, 0.1) is 0 Å². The SMILES string of the molecule is NNc1cc(Oc2ccc3ccccc3c2)ncn1. The zero-order chi connectivity index (χ0) is 13.1. The van der Waals surface area contributed by atoms with Crippen LogP contribution < -0.4 is 16.0 Å². The fraction of sp³-hybridized carbons (Fsp3) is 0. The molecule has 3 aromatic rings. The molecule has 0 atom stereocenters. The Bertz CT molecular complexity index is 714. The second-order valence-electron chi connectivity index (χ2n) is 4.00. The first-order valence-corrected chi connectivity index (χ1v) is 5.80. The lowest BCUT2D eigenvalue weighted by atomic mass is 10.1. The maximum Gasteiger partial charge on any atom is 0.224 e. The van der Waals surface area contributed by atoms with E-state index >= 15 is 0 Å². The van der Waals surface area contributed by atoms with Crippen LogP contribution in [0.2, 0.25) is 0 Å². The number of hydrogen-bond acceptors (Lipinski definition) is 5. The molecule has 0 saturated carbocycles. The average molecular weight is 252 g/mol. The van der Waals surface area contributed by atoms with Crippen molar-refractivity contribution in [2.75, 3.05) is 5.43 Å². The van der Waals surface area contributed by atoms with Crippen LogP contribution in [0.25, 0.3) is 10.8 Å². The van der Waals surface area contributed by atoms with Crippen molar-refractivity contribution in [3.05, 3.63) is 54.9 Å². The maximum absolute atomic E-state index is 5.68. The maximum atomic E-state index is 5.68. The highest BCUT2D eigenvalue weighted by molar-refractivity contribution is 5.83. The molecule has 3 rings (SSSR count). The number of ether oxygens (including phenoxy) is 1. The molecule has 1 aromatic heterocycles. The van der Waals surface area contributed by atoms with Crippen molar-refractivity contribution in [1.82, 2.24) is 9.97 Å². The number of hydrogen-bond donors (Lipinski definition) is 2. The normalized spacial score (nSPS) is 10.4. The molecule has 5 nitrogen and oxygen atoms in total. The molecule has 0 aliphatic heterocycles. The Morgan fingerprint density at radius 2 is 1.79 bits per heavy atom. The highest BCUT2D eigenvalue weighted by Crippen LogP contribution is 2.24. The van der Waals surface area contributed by atoms with Crippen molar-refractivity contribution in [3.8, 4) is 11.6 Å². The molecule has 94 valence electrons. The predicted molar refractivity (Wildman–Crippen MR) is 73.9 cm³/mol. The van der Waals surface area contributed by atoms with E-state index in [0.717, 1.165) is 11.1 Å². The van der Waals surface area contributed by atoms with Gasteiger partial charge in [-0.2, -0.15) is 0 Å². The number of nitrogen functional groups attached to an aromatic ring is 1. The first kappa shape index (κ1) is 11.4. The van der Waals surface area contributed by atoms with Crippen molar-refractivity contribution in [2.24, 2.45) is 5.84 Å². The van der Waals surface area contributed by atoms with Crippen molar-refractivity contribution >= 4 is 16.6 Å². The summed E-state index contributed by atoms with van der Waals surface area (Å²) >= 11 is 0. The summed E-state index contributed by atoms with van der Waals surface area (Å²) in [5.41, 5.74) is 2.45. The smallest absolute Gasteiger partial charge is 0.224 e. The molecule has 0 spiro atoms. The molecule has 19 heavy (non-hydrogen) atoms. The second kappa shape index (κ2) is 4.91. The molecule has 0 radical (unpaired) electrons. The lowest BCUT2D eigenvalue weighted by molar-refractivity contribution is 0.462. The molecule has 0 saturated heterocycles. The van der Waals surface area contributed by atoms with Gasteiger partial charge in [-0.25, -0.2) is 15.8 Å². The van der Waals surface area contributed by atoms with Gasteiger partial charge < -0.3 is 10.2 Å². The highest BCUT2D eigenvalue weighted by atomic mass is 16.5. The van der Waals surface area contributed by atoms with Gasteiger partial charge in [-0.15, -0.1) is 0 Å². The lowest BCUT2D eigenvalue weighted by Gasteiger charge is -2.06. The van der Waals surface area contributed by atoms with Gasteiger partial charge in [0.15, 0.2) is 0 Å². The van der Waals surface area contributed by atoms with Crippen LogP contribution in [-0.2, 0) is 0 Å². The first-order chi connectivity index (χ1) is 9.35. The van der Waals surface area contributed by atoms with Crippen LogP contribution in [0.5, 0.6) is 11.6 Å². The van der Waals surface area contributed by atoms with Gasteiger partial charge in [-0.1, -0.05) is 30.3 Å². The Morgan fingerprint density at radius 3 is 2.63 bits per heavy atom. The van der Waals surface area contributed by atoms with E-state index in [-0.39, 0.29) is 0 Å². The predicted octanol–water partition coefficient (Wildman–Crippen LogP) is 2.71. The Morgan fingerprint density at radius 1 is 0.947 bits per heavy atom. The second-order valence-corrected chi connectivity index (χ2v) is 4.00. The van der Waals surface area contributed by atoms with Crippen molar-refractivity contribution in [3.63, 3.8) is 0 Å². The highest BCUT2D eigenvalue weighted by Gasteiger charge is 2.02. The van der Waals surface area contributed by atoms with Gasteiger partial charge in [0.25, 0.3) is 0 Å². The summed E-state index contributed by atoms with van der Waals surface area (Å²) in [6, 6.07) is 15.6. The van der Waals surface area contributed by atoms with E-state index in [1.54, 1.807) is 6.07 Å². The molecule has 0 aliphatic carbocycles. The third-order valence-corrected chi connectivity index (χ3v) is 2.73. The molecule has 0 aliphatic rings. The number of rotatable bonds is 3. The number of fused-ring (bicyclic) bond motifs is 1. The van der Waals surface area contributed by atoms with Gasteiger partial charge in [-0.3, -0.25) is 0 Å². The van der Waals surface area contributed by atoms with Crippen LogP contribution in [0.15, 0.2) is 54.9 Å². The number of aromatic nitrogens is 2. The van der Waals surface area contributed by atoms with Gasteiger partial charge >= 0.3 is 0 Å². The van der Waals surface area contributed by atoms with Crippen LogP contribution in [0, 0.1) is 0 Å². The summed E-state index contributed by atoms with van der Waals surface area (Å²) in [7, 11) is 0. The van der Waals surface area contributed by atoms with Gasteiger partial charge in [0.1, 0.15) is 17.9 Å². The molecule has 1 heterocycles. The molecule has 0 amide bonds. The van der Waals surface area contributed by atoms with Crippen LogP contribution in [0.3, 0.4) is 0 Å². The number of nitrogens with one attached hydrogen (secondary N) is 1. The fourth-order valence-corrected chi connectivity index (χ4v) is 1.83. The van der Waals surface area contributed by atoms with Crippen LogP contribution in [-0.4, -0.2) is 9.97 Å². The van der Waals surface area contributed by atoms with E-state index in [9.17, 15) is 0 Å². The van der Waals surface area contributed by atoms with Crippen molar-refractivity contribution < 1.29 is 4.74 Å². The summed E-state index contributed by atoms with van der Waals surface area (Å²) in [6.45, 7) is 0. The Labute approximate surface area is 110 Å². The summed E-state index contributed by atoms with van der Waals surface area (Å²) in [5, 5.41) is 2.29. The number of nitrogens with zero attached hydrogens (tertiary/aromatic N) is 2. The van der Waals surface area contributed by atoms with E-state index in [1.807, 2.05) is 36.4 Å². The molecule has 2 aromatic carbocycles. The summed E-state index contributed by atoms with van der Waals surface area (Å²) in [6.07, 6.45) is 1.39. The van der Waals surface area contributed by atoms with E-state index in [4.69, 9.17) is 10.6 Å². The molecule has 5 heteroatoms. The quantitative estimate of drug-likeness (QED) is 0.554. The number of hydrazine groups is 1. The Hall–Kier alpha value is -2.66. The third kappa shape index (κ3) is 2.46. The van der Waals surface area contributed by atoms with E-state index in [2.05, 4.69) is 21.5 Å². The third-order valence-electron chi connectivity index (χ3n) is 2.73. The molecule has 0 fully saturated rings. The molecular formula is C14H12N4O. The minimum absolute atomic E-state index is 0.443. The fourth-order valence-electron chi connectivity index (χ4n) is 1.83. The van der Waals surface area contributed by atoms with Crippen molar-refractivity contribution in [2.45, 2.75) is 0 Å². The Kier molecular flexibility index (Phi) is 2.96. The molecule has 0 bridgehead atoms. The Balaban J connectivity index is 1.92. The van der Waals surface area contributed by atoms with Gasteiger partial charge in [0.2, 0.25) is 5.88 Å². The number of anilines is 1. The van der Waals surface area contributed by atoms with E-state index < -0.39 is 0 Å².